The summed E-state index contributed by atoms with van der Waals surface area (Å²) in [7, 11) is 0. The smallest absolute Gasteiger partial charge is 0.170 e. The molecule has 4 aromatic heterocycles. The molecule has 0 amide bonds. The highest BCUT2D eigenvalue weighted by Crippen LogP contribution is 2.35. The molecule has 0 saturated carbocycles. The number of aromatic nitrogens is 4. The highest BCUT2D eigenvalue weighted by Gasteiger charge is 2.14. The molecule has 524 valence electrons. The first kappa shape index (κ1) is 73.1. The summed E-state index contributed by atoms with van der Waals surface area (Å²) >= 11 is 0. The molecule has 0 fully saturated rings. The lowest BCUT2D eigenvalue weighted by Gasteiger charge is -2.19. The van der Waals surface area contributed by atoms with E-state index in [1.54, 1.807) is 78.9 Å². The van der Waals surface area contributed by atoms with Crippen LogP contribution in [0.1, 0.15) is 49.9 Å². The summed E-state index contributed by atoms with van der Waals surface area (Å²) in [5.41, 5.74) is 43.4. The molecule has 26 nitrogen and oxygen atoms in total. The lowest BCUT2D eigenvalue weighted by molar-refractivity contribution is 0.316. The van der Waals surface area contributed by atoms with Gasteiger partial charge in [-0.3, -0.25) is 0 Å². The molecule has 8 aromatic carbocycles. The van der Waals surface area contributed by atoms with Crippen molar-refractivity contribution in [3.8, 4) is 23.0 Å². The second-order valence-electron chi connectivity index (χ2n) is 22.8. The predicted octanol–water partition coefficient (Wildman–Crippen LogP) is 13.1. The molecule has 0 aliphatic heterocycles. The van der Waals surface area contributed by atoms with Crippen LogP contribution in [0.4, 0.5) is 46.0 Å². The maximum atomic E-state index is 8.93. The van der Waals surface area contributed by atoms with Gasteiger partial charge in [-0.25, -0.2) is 19.9 Å². The monoisotopic (exact) mass is 1370 g/mol. The molecule has 0 atom stereocenters. The topological polar surface area (TPSA) is 411 Å². The molecule has 0 unspecified atom stereocenters. The van der Waals surface area contributed by atoms with Crippen LogP contribution < -0.4 is 65.1 Å². The summed E-state index contributed by atoms with van der Waals surface area (Å²) in [6.45, 7) is 16.3. The SMILES string of the molecule is CCN(CC)CCNc1cc(Nc2cccc(C(N)=NO)c2)c2ccccc2n1.CCN(CC)CCNc1cc(Oc2ccc(C(N)=NO)cc2)c2ccccc2n1.NC(=NO)c1ccc(Oc2cc(N)nc3ccccc23)cc1.NC(=NO)c1cccc(Nc2cc(N)nc3ccccc23)c1. The van der Waals surface area contributed by atoms with Gasteiger partial charge in [0.05, 0.1) is 33.4 Å². The molecule has 0 bridgehead atoms. The maximum absolute atomic E-state index is 8.93. The molecule has 102 heavy (non-hydrogen) atoms. The van der Waals surface area contributed by atoms with Gasteiger partial charge >= 0.3 is 0 Å². The molecule has 4 heterocycles. The van der Waals surface area contributed by atoms with Crippen molar-refractivity contribution in [3.63, 3.8) is 0 Å². The van der Waals surface area contributed by atoms with E-state index in [2.05, 4.69) is 89.4 Å². The molecule has 0 aliphatic rings. The third-order valence-electron chi connectivity index (χ3n) is 16.1. The molecule has 12 aromatic rings. The summed E-state index contributed by atoms with van der Waals surface area (Å²) in [5.74, 6) is 5.29. The number of para-hydroxylation sites is 4. The Morgan fingerprint density at radius 1 is 0.373 bits per heavy atom. The van der Waals surface area contributed by atoms with Gasteiger partial charge < -0.3 is 95.8 Å². The van der Waals surface area contributed by atoms with E-state index in [-0.39, 0.29) is 23.3 Å². The minimum absolute atomic E-state index is 0.0464. The van der Waals surface area contributed by atoms with E-state index in [4.69, 9.17) is 74.7 Å². The molecule has 12 rings (SSSR count). The molecule has 0 saturated heterocycles. The van der Waals surface area contributed by atoms with E-state index >= 15 is 0 Å². The Hall–Kier alpha value is -13.2. The van der Waals surface area contributed by atoms with Crippen molar-refractivity contribution in [3.05, 3.63) is 241 Å². The number of hydrogen-bond donors (Lipinski definition) is 14. The number of hydrogen-bond acceptors (Lipinski definition) is 22. The molecule has 0 aliphatic carbocycles. The summed E-state index contributed by atoms with van der Waals surface area (Å²) in [5, 5.41) is 64.6. The fraction of sp³-hybridized carbons (Fsp3) is 0.158. The highest BCUT2D eigenvalue weighted by atomic mass is 16.5. The first-order valence-electron chi connectivity index (χ1n) is 32.9. The van der Waals surface area contributed by atoms with Crippen LogP contribution in [0.15, 0.2) is 239 Å². The van der Waals surface area contributed by atoms with Gasteiger partial charge in [0, 0.05) is 106 Å². The number of nitrogens with zero attached hydrogens (tertiary/aromatic N) is 10. The second kappa shape index (κ2) is 36.4. The number of nitrogens with two attached hydrogens (primary N) is 6. The normalized spacial score (nSPS) is 11.7. The van der Waals surface area contributed by atoms with E-state index in [0.29, 0.717) is 51.1 Å². The molecular formula is C76H84N20O6. The minimum Gasteiger partial charge on any atom is -0.457 e. The number of anilines is 8. The van der Waals surface area contributed by atoms with Crippen molar-refractivity contribution in [2.75, 3.05) is 85.1 Å². The van der Waals surface area contributed by atoms with E-state index in [1.807, 2.05) is 140 Å². The van der Waals surface area contributed by atoms with Crippen molar-refractivity contribution < 1.29 is 30.3 Å². The summed E-state index contributed by atoms with van der Waals surface area (Å²) < 4.78 is 12.0. The molecule has 26 heteroatoms. The lowest BCUT2D eigenvalue weighted by Crippen LogP contribution is -2.28. The van der Waals surface area contributed by atoms with Crippen LogP contribution in [-0.4, -0.2) is 126 Å². The van der Waals surface area contributed by atoms with Crippen LogP contribution in [0, 0.1) is 0 Å². The number of oxime groups is 4. The van der Waals surface area contributed by atoms with E-state index in [1.165, 1.54) is 0 Å². The predicted molar refractivity (Wildman–Crippen MR) is 411 cm³/mol. The second-order valence-corrected chi connectivity index (χ2v) is 22.8. The first-order chi connectivity index (χ1) is 49.6. The first-order valence-corrected chi connectivity index (χ1v) is 32.9. The van der Waals surface area contributed by atoms with Gasteiger partial charge in [0.15, 0.2) is 23.3 Å². The summed E-state index contributed by atoms with van der Waals surface area (Å²) in [6.07, 6.45) is 0. The number of benzene rings is 8. The third-order valence-corrected chi connectivity index (χ3v) is 16.1. The lowest BCUT2D eigenvalue weighted by atomic mass is 10.1. The molecular weight excluding hydrogens is 1290 g/mol. The van der Waals surface area contributed by atoms with E-state index in [0.717, 1.165) is 136 Å². The largest absolute Gasteiger partial charge is 0.457 e. The Kier molecular flexibility index (Phi) is 26.1. The van der Waals surface area contributed by atoms with Crippen molar-refractivity contribution in [1.82, 2.24) is 29.7 Å². The van der Waals surface area contributed by atoms with Gasteiger partial charge in [0.1, 0.15) is 46.3 Å². The Bertz CT molecular complexity index is 4880. The van der Waals surface area contributed by atoms with Gasteiger partial charge in [-0.15, -0.1) is 0 Å². The van der Waals surface area contributed by atoms with Gasteiger partial charge in [0.2, 0.25) is 0 Å². The quantitative estimate of drug-likeness (QED) is 0.0116. The Morgan fingerprint density at radius 3 is 1.14 bits per heavy atom. The summed E-state index contributed by atoms with van der Waals surface area (Å²) in [6, 6.07) is 67.3. The van der Waals surface area contributed by atoms with Crippen molar-refractivity contribution in [2.45, 2.75) is 27.7 Å². The average Bonchev–Trinajstić information content (AvgIpc) is 0.830. The highest BCUT2D eigenvalue weighted by molar-refractivity contribution is 6.01. The Morgan fingerprint density at radius 2 is 0.716 bits per heavy atom. The molecule has 20 N–H and O–H groups in total. The maximum Gasteiger partial charge on any atom is 0.170 e. The van der Waals surface area contributed by atoms with Gasteiger partial charge in [-0.1, -0.05) is 133 Å². The molecule has 0 radical (unpaired) electrons. The zero-order chi connectivity index (χ0) is 72.3. The van der Waals surface area contributed by atoms with Crippen LogP contribution in [0.3, 0.4) is 0 Å². The number of nitrogens with one attached hydrogen (secondary N) is 4. The number of likely N-dealkylation sites (N-methyl/N-ethyl adjacent to an activating group) is 2. The van der Waals surface area contributed by atoms with Crippen LogP contribution in [-0.2, 0) is 0 Å². The Labute approximate surface area is 590 Å². The number of nitrogen functional groups attached to an aromatic ring is 2. The van der Waals surface area contributed by atoms with Crippen LogP contribution in [0.25, 0.3) is 43.6 Å². The summed E-state index contributed by atoms with van der Waals surface area (Å²) in [4.78, 5) is 22.7. The van der Waals surface area contributed by atoms with Gasteiger partial charge in [-0.05, 0) is 135 Å². The van der Waals surface area contributed by atoms with Crippen molar-refractivity contribution in [2.24, 2.45) is 43.6 Å². The minimum atomic E-state index is 0.0464. The van der Waals surface area contributed by atoms with Gasteiger partial charge in [-0.2, -0.15) is 0 Å². The van der Waals surface area contributed by atoms with E-state index < -0.39 is 0 Å². The Balaban J connectivity index is 0.000000159. The van der Waals surface area contributed by atoms with Crippen molar-refractivity contribution in [1.29, 1.82) is 0 Å². The van der Waals surface area contributed by atoms with E-state index in [9.17, 15) is 0 Å². The number of ether oxygens (including phenoxy) is 2. The number of rotatable bonds is 24. The van der Waals surface area contributed by atoms with Crippen LogP contribution in [0.5, 0.6) is 23.0 Å². The van der Waals surface area contributed by atoms with Crippen LogP contribution >= 0.6 is 0 Å². The van der Waals surface area contributed by atoms with Gasteiger partial charge in [0.25, 0.3) is 0 Å². The zero-order valence-corrected chi connectivity index (χ0v) is 57.0. The number of pyridine rings is 4. The van der Waals surface area contributed by atoms with Crippen LogP contribution in [0.2, 0.25) is 0 Å². The number of fused-ring (bicyclic) bond motifs is 4. The third kappa shape index (κ3) is 20.0. The van der Waals surface area contributed by atoms with Crippen molar-refractivity contribution >= 4 is 113 Å². The fourth-order valence-corrected chi connectivity index (χ4v) is 10.7. The fourth-order valence-electron chi connectivity index (χ4n) is 10.7. The average molecular weight is 1370 g/mol. The number of amidine groups is 4. The molecule has 0 spiro atoms. The zero-order valence-electron chi connectivity index (χ0n) is 57.0. The standard InChI is InChI=1S/C22H28N6O.C22H27N5O2.C16H15N5O.C16H14N4O2/c1-3-28(4-2)13-12-24-21-15-20(18-10-5-6-11-19(18)26-21)25-17-9-7-8-16(14-17)22(23)27-29;1-3-27(4-2)14-13-24-21-15-20(18-7-5-6-8-19(18)25-21)29-17-11-9-16(10-12-17)22(23)26-28;17-15-9-14(12-6-1-2-7-13(12)20-15)19-11-5-3-4-10(8-11)16(18)21-22;17-15-9-14(12-3-1-2-4-13(12)19-15)22-11-7-5-10(6-8-11)16(18)20-21/h5-11,14-15,29H,3-4,12-13H2,1-2H3,(H2,23,27)(H2,24,25,26);5-12,15,28H,3-4,13-14H2,1-2H3,(H2,23,26)(H,24,25);1-9,22H,(H2,18,21)(H3,17,19,20);1-9,21H,(H2,17,19)(H2,18,20).